The molecule has 2 aromatic carbocycles. The van der Waals surface area contributed by atoms with Crippen LogP contribution in [0.3, 0.4) is 0 Å². The normalized spacial score (nSPS) is 11.8. The maximum Gasteiger partial charge on any atom is 0.426 e. The predicted octanol–water partition coefficient (Wildman–Crippen LogP) is 7.45. The quantitative estimate of drug-likeness (QED) is 0.197. The number of benzene rings is 2. The first-order valence-electron chi connectivity index (χ1n) is 11.7. The van der Waals surface area contributed by atoms with E-state index in [4.69, 9.17) is 9.26 Å². The molecule has 3 heterocycles. The molecule has 5 aromatic rings. The van der Waals surface area contributed by atoms with E-state index in [1.807, 2.05) is 35.0 Å². The first-order chi connectivity index (χ1) is 17.8. The van der Waals surface area contributed by atoms with E-state index in [2.05, 4.69) is 10.1 Å². The van der Waals surface area contributed by atoms with Gasteiger partial charge in [0.2, 0.25) is 5.82 Å². The van der Waals surface area contributed by atoms with Gasteiger partial charge in [0.15, 0.2) is 0 Å². The summed E-state index contributed by atoms with van der Waals surface area (Å²) in [6.07, 6.45) is -1.64. The molecule has 0 aliphatic heterocycles. The summed E-state index contributed by atoms with van der Waals surface area (Å²) < 4.78 is 53.8. The Morgan fingerprint density at radius 1 is 1.08 bits per heavy atom. The molecule has 10 heteroatoms. The van der Waals surface area contributed by atoms with Gasteiger partial charge in [0, 0.05) is 41.2 Å². The zero-order chi connectivity index (χ0) is 26.0. The number of hydrogen-bond acceptors (Lipinski definition) is 6. The number of nitrogens with zero attached hydrogens (tertiary/aromatic N) is 3. The molecule has 6 nitrogen and oxygen atoms in total. The average Bonchev–Trinajstić information content (AvgIpc) is 3.63. The van der Waals surface area contributed by atoms with Crippen LogP contribution in [-0.4, -0.2) is 27.3 Å². The lowest BCUT2D eigenvalue weighted by Crippen LogP contribution is -2.05. The molecule has 0 bridgehead atoms. The van der Waals surface area contributed by atoms with Crippen LogP contribution in [0.15, 0.2) is 71.4 Å². The molecule has 0 saturated carbocycles. The number of thiophene rings is 1. The van der Waals surface area contributed by atoms with Crippen molar-refractivity contribution in [2.24, 2.45) is 0 Å². The molecule has 5 rings (SSSR count). The summed E-state index contributed by atoms with van der Waals surface area (Å²) in [7, 11) is 0. The number of fused-ring (bicyclic) bond motifs is 1. The number of aromatic nitrogens is 3. The maximum atomic E-state index is 13.8. The van der Waals surface area contributed by atoms with Gasteiger partial charge in [-0.25, -0.2) is 0 Å². The molecule has 0 radical (unpaired) electrons. The van der Waals surface area contributed by atoms with Crippen molar-refractivity contribution >= 4 is 28.2 Å². The van der Waals surface area contributed by atoms with Crippen molar-refractivity contribution in [1.29, 1.82) is 0 Å². The molecule has 0 aliphatic rings. The van der Waals surface area contributed by atoms with Crippen LogP contribution in [0.5, 0.6) is 0 Å². The average molecular weight is 526 g/mol. The van der Waals surface area contributed by atoms with Crippen LogP contribution in [-0.2, 0) is 22.3 Å². The van der Waals surface area contributed by atoms with Crippen molar-refractivity contribution in [3.63, 3.8) is 0 Å². The van der Waals surface area contributed by atoms with E-state index in [1.165, 1.54) is 6.07 Å². The van der Waals surface area contributed by atoms with Crippen molar-refractivity contribution in [3.05, 3.63) is 71.7 Å². The van der Waals surface area contributed by atoms with E-state index < -0.39 is 11.1 Å². The molecule has 3 aromatic heterocycles. The van der Waals surface area contributed by atoms with Crippen LogP contribution < -0.4 is 0 Å². The van der Waals surface area contributed by atoms with Gasteiger partial charge in [-0.15, -0.1) is 11.3 Å². The Kier molecular flexibility index (Phi) is 6.84. The number of halogens is 3. The molecule has 0 aliphatic carbocycles. The van der Waals surface area contributed by atoms with E-state index in [1.54, 1.807) is 37.3 Å². The van der Waals surface area contributed by atoms with Crippen molar-refractivity contribution in [3.8, 4) is 33.3 Å². The van der Waals surface area contributed by atoms with E-state index in [0.717, 1.165) is 10.9 Å². The number of rotatable bonds is 8. The number of hydrogen-bond donors (Lipinski definition) is 0. The zero-order valence-corrected chi connectivity index (χ0v) is 20.6. The Labute approximate surface area is 214 Å². The molecule has 190 valence electrons. The Hall–Kier alpha value is -3.92. The second-order valence-corrected chi connectivity index (χ2v) is 9.35. The second kappa shape index (κ2) is 10.2. The van der Waals surface area contributed by atoms with Gasteiger partial charge in [-0.2, -0.15) is 18.2 Å². The highest BCUT2D eigenvalue weighted by molar-refractivity contribution is 7.16. The highest BCUT2D eigenvalue weighted by Crippen LogP contribution is 2.45. The predicted molar refractivity (Wildman–Crippen MR) is 135 cm³/mol. The Balaban J connectivity index is 1.44. The minimum atomic E-state index is -4.52. The highest BCUT2D eigenvalue weighted by atomic mass is 32.1. The number of aryl methyl sites for hydroxylation is 1. The van der Waals surface area contributed by atoms with Crippen molar-refractivity contribution < 1.29 is 27.2 Å². The summed E-state index contributed by atoms with van der Waals surface area (Å²) >= 11 is 0.582. The summed E-state index contributed by atoms with van der Waals surface area (Å²) in [4.78, 5) is 15.6. The van der Waals surface area contributed by atoms with Gasteiger partial charge < -0.3 is 13.8 Å². The third-order valence-corrected chi connectivity index (χ3v) is 7.02. The summed E-state index contributed by atoms with van der Waals surface area (Å²) in [5.74, 6) is 0.0864. The number of carbonyl (C=O) groups excluding carboxylic acids is 1. The minimum absolute atomic E-state index is 0.0264. The van der Waals surface area contributed by atoms with E-state index in [0.29, 0.717) is 48.5 Å². The highest BCUT2D eigenvalue weighted by Gasteiger charge is 2.37. The van der Waals surface area contributed by atoms with Gasteiger partial charge in [0.25, 0.3) is 5.89 Å². The standard InChI is InChI=1S/C27H22F3N3O3S/c1-2-35-23(34)12-7-14-33-15-13-18-19(10-6-11-21(18)33)25-31-26(36-32-25)22-16-20(17-8-4-3-5-9-17)24(37-22)27(28,29)30/h3-6,8-11,13,15-16H,2,7,12,14H2,1H3. The van der Waals surface area contributed by atoms with Gasteiger partial charge >= 0.3 is 12.1 Å². The van der Waals surface area contributed by atoms with Crippen molar-refractivity contribution in [2.75, 3.05) is 6.61 Å². The van der Waals surface area contributed by atoms with Crippen LogP contribution in [0.1, 0.15) is 24.6 Å². The number of alkyl halides is 3. The van der Waals surface area contributed by atoms with Gasteiger partial charge in [0.1, 0.15) is 4.88 Å². The number of esters is 1. The third kappa shape index (κ3) is 5.15. The van der Waals surface area contributed by atoms with Gasteiger partial charge in [-0.3, -0.25) is 4.79 Å². The summed E-state index contributed by atoms with van der Waals surface area (Å²) in [5.41, 5.74) is 2.17. The van der Waals surface area contributed by atoms with Gasteiger partial charge in [0.05, 0.1) is 11.5 Å². The summed E-state index contributed by atoms with van der Waals surface area (Å²) in [6.45, 7) is 2.76. The number of carbonyl (C=O) groups is 1. The van der Waals surface area contributed by atoms with Gasteiger partial charge in [-0.05, 0) is 37.1 Å². The van der Waals surface area contributed by atoms with E-state index >= 15 is 0 Å². The summed E-state index contributed by atoms with van der Waals surface area (Å²) in [6, 6.07) is 17.4. The fraction of sp³-hybridized carbons (Fsp3) is 0.222. The lowest BCUT2D eigenvalue weighted by atomic mass is 10.1. The maximum absolute atomic E-state index is 13.8. The third-order valence-electron chi connectivity index (χ3n) is 5.85. The lowest BCUT2D eigenvalue weighted by molar-refractivity contribution is -0.143. The smallest absolute Gasteiger partial charge is 0.426 e. The topological polar surface area (TPSA) is 70.2 Å². The molecule has 37 heavy (non-hydrogen) atoms. The molecule has 0 amide bonds. The molecular weight excluding hydrogens is 503 g/mol. The molecular formula is C27H22F3N3O3S. The largest absolute Gasteiger partial charge is 0.466 e. The van der Waals surface area contributed by atoms with Crippen LogP contribution in [0.2, 0.25) is 0 Å². The van der Waals surface area contributed by atoms with Crippen LogP contribution in [0.4, 0.5) is 13.2 Å². The molecule has 0 spiro atoms. The monoisotopic (exact) mass is 525 g/mol. The second-order valence-electron chi connectivity index (χ2n) is 8.30. The van der Waals surface area contributed by atoms with Crippen LogP contribution in [0, 0.1) is 0 Å². The molecule has 0 N–H and O–H groups in total. The first kappa shape index (κ1) is 24.8. The van der Waals surface area contributed by atoms with Crippen LogP contribution >= 0.6 is 11.3 Å². The zero-order valence-electron chi connectivity index (χ0n) is 19.8. The van der Waals surface area contributed by atoms with Gasteiger partial charge in [-0.1, -0.05) is 47.6 Å². The van der Waals surface area contributed by atoms with Crippen molar-refractivity contribution in [1.82, 2.24) is 14.7 Å². The SMILES string of the molecule is CCOC(=O)CCCn1ccc2c(-c3noc(-c4cc(-c5ccccc5)c(C(F)(F)F)s4)n3)cccc21. The lowest BCUT2D eigenvalue weighted by Gasteiger charge is -2.07. The van der Waals surface area contributed by atoms with Crippen molar-refractivity contribution in [2.45, 2.75) is 32.5 Å². The molecule has 0 fully saturated rings. The van der Waals surface area contributed by atoms with E-state index in [9.17, 15) is 18.0 Å². The fourth-order valence-corrected chi connectivity index (χ4v) is 5.18. The number of ether oxygens (including phenoxy) is 1. The van der Waals surface area contributed by atoms with E-state index in [-0.39, 0.29) is 28.1 Å². The summed E-state index contributed by atoms with van der Waals surface area (Å²) in [5, 5.41) is 4.94. The first-order valence-corrected chi connectivity index (χ1v) is 12.5. The van der Waals surface area contributed by atoms with Crippen LogP contribution in [0.25, 0.3) is 44.2 Å². The Morgan fingerprint density at radius 3 is 2.65 bits per heavy atom. The molecule has 0 unspecified atom stereocenters. The fourth-order valence-electron chi connectivity index (χ4n) is 4.21. The molecule has 0 atom stereocenters. The Morgan fingerprint density at radius 2 is 1.89 bits per heavy atom. The minimum Gasteiger partial charge on any atom is -0.466 e. The molecule has 0 saturated heterocycles. The Bertz CT molecular complexity index is 1540.